The molecule has 0 unspecified atom stereocenters. The molecule has 0 amide bonds. The molecule has 0 aromatic heterocycles. The zero-order chi connectivity index (χ0) is 12.5. The average Bonchev–Trinajstić information content (AvgIpc) is 2.69. The summed E-state index contributed by atoms with van der Waals surface area (Å²) in [6.45, 7) is 1.12. The van der Waals surface area contributed by atoms with Crippen LogP contribution in [-0.2, 0) is 10.0 Å². The first-order valence-electron chi connectivity index (χ1n) is 5.52. The SMILES string of the molecule is CS(=O)(=O)N1CC[C@H](Nc2ccc(N)cc2)C1. The highest BCUT2D eigenvalue weighted by molar-refractivity contribution is 7.88. The Balaban J connectivity index is 1.96. The van der Waals surface area contributed by atoms with E-state index in [9.17, 15) is 8.42 Å². The van der Waals surface area contributed by atoms with Gasteiger partial charge in [-0.15, -0.1) is 0 Å². The standard InChI is InChI=1S/C11H17N3O2S/c1-17(15,16)14-7-6-11(8-14)13-10-4-2-9(12)3-5-10/h2-5,11,13H,6-8,12H2,1H3/t11-/m0/s1. The van der Waals surface area contributed by atoms with Crippen LogP contribution in [0.2, 0.25) is 0 Å². The van der Waals surface area contributed by atoms with Crippen LogP contribution in [0.15, 0.2) is 24.3 Å². The summed E-state index contributed by atoms with van der Waals surface area (Å²) in [6, 6.07) is 7.63. The van der Waals surface area contributed by atoms with Gasteiger partial charge >= 0.3 is 0 Å². The molecule has 0 radical (unpaired) electrons. The molecule has 1 saturated heterocycles. The lowest BCUT2D eigenvalue weighted by molar-refractivity contribution is 0.480. The number of rotatable bonds is 3. The van der Waals surface area contributed by atoms with Gasteiger partial charge in [-0.3, -0.25) is 0 Å². The predicted molar refractivity (Wildman–Crippen MR) is 69.3 cm³/mol. The maximum Gasteiger partial charge on any atom is 0.211 e. The molecular weight excluding hydrogens is 238 g/mol. The molecule has 1 fully saturated rings. The van der Waals surface area contributed by atoms with Crippen LogP contribution in [0.25, 0.3) is 0 Å². The summed E-state index contributed by atoms with van der Waals surface area (Å²) in [5.74, 6) is 0. The molecule has 1 aliphatic heterocycles. The summed E-state index contributed by atoms with van der Waals surface area (Å²) in [7, 11) is -3.06. The highest BCUT2D eigenvalue weighted by Gasteiger charge is 2.28. The van der Waals surface area contributed by atoms with Gasteiger partial charge in [0.15, 0.2) is 0 Å². The largest absolute Gasteiger partial charge is 0.399 e. The topological polar surface area (TPSA) is 75.4 Å². The number of hydrogen-bond acceptors (Lipinski definition) is 4. The van der Waals surface area contributed by atoms with Crippen LogP contribution < -0.4 is 11.1 Å². The fraction of sp³-hybridized carbons (Fsp3) is 0.455. The van der Waals surface area contributed by atoms with Gasteiger partial charge < -0.3 is 11.1 Å². The summed E-state index contributed by atoms with van der Waals surface area (Å²) in [6.07, 6.45) is 2.08. The van der Waals surface area contributed by atoms with Crippen LogP contribution in [0, 0.1) is 0 Å². The Bertz CT molecular complexity index is 484. The molecular formula is C11H17N3O2S. The van der Waals surface area contributed by atoms with Crippen LogP contribution in [0.1, 0.15) is 6.42 Å². The van der Waals surface area contributed by atoms with Crippen molar-refractivity contribution in [2.24, 2.45) is 0 Å². The van der Waals surface area contributed by atoms with Gasteiger partial charge in [-0.1, -0.05) is 0 Å². The quantitative estimate of drug-likeness (QED) is 0.780. The second-order valence-electron chi connectivity index (χ2n) is 4.37. The lowest BCUT2D eigenvalue weighted by Gasteiger charge is -2.15. The van der Waals surface area contributed by atoms with Crippen molar-refractivity contribution in [1.29, 1.82) is 0 Å². The third-order valence-electron chi connectivity index (χ3n) is 2.90. The molecule has 3 N–H and O–H groups in total. The molecule has 6 heteroatoms. The van der Waals surface area contributed by atoms with Crippen LogP contribution in [-0.4, -0.2) is 38.1 Å². The Morgan fingerprint density at radius 3 is 2.53 bits per heavy atom. The van der Waals surface area contributed by atoms with E-state index in [2.05, 4.69) is 5.32 Å². The summed E-state index contributed by atoms with van der Waals surface area (Å²) < 4.78 is 24.2. The van der Waals surface area contributed by atoms with Gasteiger partial charge in [0, 0.05) is 30.5 Å². The van der Waals surface area contributed by atoms with Gasteiger partial charge in [0.1, 0.15) is 0 Å². The number of nitrogens with zero attached hydrogens (tertiary/aromatic N) is 1. The van der Waals surface area contributed by atoms with Gasteiger partial charge in [0.2, 0.25) is 10.0 Å². The van der Waals surface area contributed by atoms with Crippen LogP contribution >= 0.6 is 0 Å². The molecule has 1 aliphatic rings. The second kappa shape index (κ2) is 4.54. The first-order chi connectivity index (χ1) is 7.95. The molecule has 0 bridgehead atoms. The third kappa shape index (κ3) is 3.10. The number of benzene rings is 1. The Labute approximate surface area is 102 Å². The Morgan fingerprint density at radius 2 is 2.00 bits per heavy atom. The minimum atomic E-state index is -3.06. The fourth-order valence-electron chi connectivity index (χ4n) is 1.96. The van der Waals surface area contributed by atoms with E-state index in [1.165, 1.54) is 10.6 Å². The van der Waals surface area contributed by atoms with Gasteiger partial charge in [-0.2, -0.15) is 0 Å². The van der Waals surface area contributed by atoms with E-state index in [0.717, 1.165) is 17.8 Å². The van der Waals surface area contributed by atoms with Crippen molar-refractivity contribution >= 4 is 21.4 Å². The normalized spacial score (nSPS) is 21.6. The molecule has 1 heterocycles. The number of nitrogens with one attached hydrogen (secondary N) is 1. The molecule has 0 spiro atoms. The summed E-state index contributed by atoms with van der Waals surface area (Å²) in [5, 5.41) is 3.31. The van der Waals surface area contributed by atoms with Crippen molar-refractivity contribution in [2.75, 3.05) is 30.4 Å². The maximum atomic E-state index is 11.4. The molecule has 0 saturated carbocycles. The lowest BCUT2D eigenvalue weighted by atomic mass is 10.2. The molecule has 94 valence electrons. The zero-order valence-corrected chi connectivity index (χ0v) is 10.6. The molecule has 17 heavy (non-hydrogen) atoms. The van der Waals surface area contributed by atoms with E-state index in [1.54, 1.807) is 0 Å². The van der Waals surface area contributed by atoms with E-state index >= 15 is 0 Å². The van der Waals surface area contributed by atoms with Crippen LogP contribution in [0.3, 0.4) is 0 Å². The molecule has 1 aromatic rings. The monoisotopic (exact) mass is 255 g/mol. The van der Waals surface area contributed by atoms with Crippen LogP contribution in [0.5, 0.6) is 0 Å². The van der Waals surface area contributed by atoms with Crippen molar-refractivity contribution in [3.05, 3.63) is 24.3 Å². The minimum Gasteiger partial charge on any atom is -0.399 e. The van der Waals surface area contributed by atoms with Gasteiger partial charge in [0.25, 0.3) is 0 Å². The van der Waals surface area contributed by atoms with Crippen molar-refractivity contribution in [3.63, 3.8) is 0 Å². The summed E-state index contributed by atoms with van der Waals surface area (Å²) >= 11 is 0. The maximum absolute atomic E-state index is 11.4. The first-order valence-corrected chi connectivity index (χ1v) is 7.37. The Hall–Kier alpha value is -1.27. The average molecular weight is 255 g/mol. The highest BCUT2D eigenvalue weighted by Crippen LogP contribution is 2.18. The van der Waals surface area contributed by atoms with Gasteiger partial charge in [0.05, 0.1) is 6.26 Å². The van der Waals surface area contributed by atoms with Crippen molar-refractivity contribution in [1.82, 2.24) is 4.31 Å². The number of sulfonamides is 1. The first kappa shape index (κ1) is 12.2. The number of hydrogen-bond donors (Lipinski definition) is 2. The Morgan fingerprint density at radius 1 is 1.35 bits per heavy atom. The van der Waals surface area contributed by atoms with Gasteiger partial charge in [-0.25, -0.2) is 12.7 Å². The molecule has 1 atom stereocenters. The second-order valence-corrected chi connectivity index (χ2v) is 6.36. The van der Waals surface area contributed by atoms with Crippen LogP contribution in [0.4, 0.5) is 11.4 Å². The molecule has 5 nitrogen and oxygen atoms in total. The predicted octanol–water partition coefficient (Wildman–Crippen LogP) is 0.715. The van der Waals surface area contributed by atoms with Crippen molar-refractivity contribution < 1.29 is 8.42 Å². The number of anilines is 2. The van der Waals surface area contributed by atoms with Crippen molar-refractivity contribution in [2.45, 2.75) is 12.5 Å². The van der Waals surface area contributed by atoms with Crippen molar-refractivity contribution in [3.8, 4) is 0 Å². The fourth-order valence-corrected chi connectivity index (χ4v) is 2.85. The highest BCUT2D eigenvalue weighted by atomic mass is 32.2. The third-order valence-corrected chi connectivity index (χ3v) is 4.17. The molecule has 2 rings (SSSR count). The molecule has 1 aromatic carbocycles. The lowest BCUT2D eigenvalue weighted by Crippen LogP contribution is -2.30. The van der Waals surface area contributed by atoms with E-state index in [1.807, 2.05) is 24.3 Å². The molecule has 0 aliphatic carbocycles. The van der Waals surface area contributed by atoms with E-state index in [0.29, 0.717) is 13.1 Å². The Kier molecular flexibility index (Phi) is 3.26. The van der Waals surface area contributed by atoms with E-state index in [-0.39, 0.29) is 6.04 Å². The zero-order valence-electron chi connectivity index (χ0n) is 9.76. The number of nitrogens with two attached hydrogens (primary N) is 1. The van der Waals surface area contributed by atoms with Gasteiger partial charge in [-0.05, 0) is 30.7 Å². The van der Waals surface area contributed by atoms with E-state index in [4.69, 9.17) is 5.73 Å². The minimum absolute atomic E-state index is 0.174. The summed E-state index contributed by atoms with van der Waals surface area (Å²) in [4.78, 5) is 0. The van der Waals surface area contributed by atoms with E-state index < -0.39 is 10.0 Å². The smallest absolute Gasteiger partial charge is 0.211 e. The summed E-state index contributed by atoms with van der Waals surface area (Å²) in [5.41, 5.74) is 7.29. The number of nitrogen functional groups attached to an aromatic ring is 1.